The molecule has 1 aromatic carbocycles. The average molecular weight is 244 g/mol. The molecule has 1 saturated heterocycles. The lowest BCUT2D eigenvalue weighted by Gasteiger charge is -2.24. The molecule has 1 heterocycles. The molecule has 3 nitrogen and oxygen atoms in total. The molecule has 1 atom stereocenters. The smallest absolute Gasteiger partial charge is 0.244 e. The van der Waals surface area contributed by atoms with Crippen LogP contribution in [0.15, 0.2) is 43.0 Å². The van der Waals surface area contributed by atoms with E-state index in [-0.39, 0.29) is 11.9 Å². The van der Waals surface area contributed by atoms with Crippen molar-refractivity contribution in [1.82, 2.24) is 10.2 Å². The minimum atomic E-state index is -0.248. The number of likely N-dealkylation sites (tertiary alicyclic amines) is 1. The van der Waals surface area contributed by atoms with Crippen molar-refractivity contribution in [2.24, 2.45) is 0 Å². The van der Waals surface area contributed by atoms with Crippen molar-refractivity contribution < 1.29 is 4.79 Å². The van der Waals surface area contributed by atoms with Crippen LogP contribution in [0.1, 0.15) is 24.4 Å². The Bertz CT molecular complexity index is 396. The van der Waals surface area contributed by atoms with Crippen LogP contribution in [0.25, 0.3) is 0 Å². The van der Waals surface area contributed by atoms with Crippen LogP contribution in [0.5, 0.6) is 0 Å². The van der Waals surface area contributed by atoms with Crippen molar-refractivity contribution in [1.29, 1.82) is 0 Å². The summed E-state index contributed by atoms with van der Waals surface area (Å²) in [6.07, 6.45) is 4.02. The highest BCUT2D eigenvalue weighted by molar-refractivity contribution is 5.83. The summed E-state index contributed by atoms with van der Waals surface area (Å²) in [6, 6.07) is 9.64. The molecule has 0 aliphatic carbocycles. The largest absolute Gasteiger partial charge is 0.341 e. The SMILES string of the molecule is C=CCNC(C(=O)N1CCCC1)c1ccccc1. The van der Waals surface area contributed by atoms with Crippen molar-refractivity contribution in [3.8, 4) is 0 Å². The molecule has 1 aromatic rings. The molecule has 1 aliphatic heterocycles. The molecule has 0 spiro atoms. The Labute approximate surface area is 108 Å². The number of hydrogen-bond acceptors (Lipinski definition) is 2. The van der Waals surface area contributed by atoms with Crippen LogP contribution in [0.4, 0.5) is 0 Å². The van der Waals surface area contributed by atoms with Crippen molar-refractivity contribution >= 4 is 5.91 Å². The molecule has 1 fully saturated rings. The zero-order chi connectivity index (χ0) is 12.8. The van der Waals surface area contributed by atoms with E-state index in [1.54, 1.807) is 6.08 Å². The lowest BCUT2D eigenvalue weighted by atomic mass is 10.1. The van der Waals surface area contributed by atoms with Gasteiger partial charge >= 0.3 is 0 Å². The second kappa shape index (κ2) is 6.36. The van der Waals surface area contributed by atoms with Gasteiger partial charge in [-0.2, -0.15) is 0 Å². The maximum absolute atomic E-state index is 12.5. The molecule has 1 aliphatic rings. The molecule has 96 valence electrons. The van der Waals surface area contributed by atoms with E-state index in [1.165, 1.54) is 0 Å². The zero-order valence-corrected chi connectivity index (χ0v) is 10.6. The van der Waals surface area contributed by atoms with E-state index in [0.29, 0.717) is 6.54 Å². The van der Waals surface area contributed by atoms with E-state index in [2.05, 4.69) is 11.9 Å². The molecule has 1 amide bonds. The summed E-state index contributed by atoms with van der Waals surface area (Å²) in [4.78, 5) is 14.4. The van der Waals surface area contributed by atoms with E-state index in [0.717, 1.165) is 31.5 Å². The number of rotatable bonds is 5. The third kappa shape index (κ3) is 2.99. The number of carbonyl (C=O) groups excluding carboxylic acids is 1. The van der Waals surface area contributed by atoms with Gasteiger partial charge in [-0.1, -0.05) is 36.4 Å². The maximum Gasteiger partial charge on any atom is 0.244 e. The van der Waals surface area contributed by atoms with E-state index >= 15 is 0 Å². The summed E-state index contributed by atoms with van der Waals surface area (Å²) in [5, 5.41) is 3.25. The summed E-state index contributed by atoms with van der Waals surface area (Å²) < 4.78 is 0. The molecule has 1 unspecified atom stereocenters. The number of nitrogens with one attached hydrogen (secondary N) is 1. The van der Waals surface area contributed by atoms with Gasteiger partial charge in [-0.25, -0.2) is 0 Å². The van der Waals surface area contributed by atoms with E-state index in [9.17, 15) is 4.79 Å². The summed E-state index contributed by atoms with van der Waals surface area (Å²) in [6.45, 7) is 6.11. The monoisotopic (exact) mass is 244 g/mol. The Kier molecular flexibility index (Phi) is 4.53. The van der Waals surface area contributed by atoms with Crippen LogP contribution in [-0.4, -0.2) is 30.4 Å². The van der Waals surface area contributed by atoms with Gasteiger partial charge < -0.3 is 4.90 Å². The molecule has 0 aromatic heterocycles. The molecule has 0 radical (unpaired) electrons. The van der Waals surface area contributed by atoms with Crippen LogP contribution in [0.3, 0.4) is 0 Å². The zero-order valence-electron chi connectivity index (χ0n) is 10.6. The topological polar surface area (TPSA) is 32.3 Å². The fraction of sp³-hybridized carbons (Fsp3) is 0.400. The molecule has 1 N–H and O–H groups in total. The highest BCUT2D eigenvalue weighted by Crippen LogP contribution is 2.18. The fourth-order valence-electron chi connectivity index (χ4n) is 2.31. The predicted molar refractivity (Wildman–Crippen MR) is 73.2 cm³/mol. The van der Waals surface area contributed by atoms with Gasteiger partial charge in [-0.3, -0.25) is 10.1 Å². The van der Waals surface area contributed by atoms with Gasteiger partial charge in [0.1, 0.15) is 6.04 Å². The molecule has 0 saturated carbocycles. The Hall–Kier alpha value is -1.61. The van der Waals surface area contributed by atoms with Crippen molar-refractivity contribution in [3.05, 3.63) is 48.6 Å². The quantitative estimate of drug-likeness (QED) is 0.805. The highest BCUT2D eigenvalue weighted by Gasteiger charge is 2.26. The first kappa shape index (κ1) is 12.8. The summed E-state index contributed by atoms with van der Waals surface area (Å²) >= 11 is 0. The van der Waals surface area contributed by atoms with Crippen molar-refractivity contribution in [3.63, 3.8) is 0 Å². The molecule has 2 rings (SSSR count). The van der Waals surface area contributed by atoms with E-state index < -0.39 is 0 Å². The minimum absolute atomic E-state index is 0.181. The average Bonchev–Trinajstić information content (AvgIpc) is 2.94. The second-order valence-electron chi connectivity index (χ2n) is 4.57. The normalized spacial score (nSPS) is 16.6. The van der Waals surface area contributed by atoms with Crippen LogP contribution in [0.2, 0.25) is 0 Å². The molecular formula is C15H20N2O. The molecule has 0 bridgehead atoms. The van der Waals surface area contributed by atoms with Gasteiger partial charge in [-0.15, -0.1) is 6.58 Å². The molecule has 18 heavy (non-hydrogen) atoms. The number of carbonyl (C=O) groups is 1. The van der Waals surface area contributed by atoms with E-state index in [4.69, 9.17) is 0 Å². The fourth-order valence-corrected chi connectivity index (χ4v) is 2.31. The standard InChI is InChI=1S/C15H20N2O/c1-2-10-16-14(13-8-4-3-5-9-13)15(18)17-11-6-7-12-17/h2-5,8-9,14,16H,1,6-7,10-12H2. The lowest BCUT2D eigenvalue weighted by molar-refractivity contribution is -0.132. The van der Waals surface area contributed by atoms with Gasteiger partial charge in [0.05, 0.1) is 0 Å². The summed E-state index contributed by atoms with van der Waals surface area (Å²) in [5.41, 5.74) is 1.02. The first-order valence-electron chi connectivity index (χ1n) is 6.51. The van der Waals surface area contributed by atoms with Gasteiger partial charge in [0.15, 0.2) is 0 Å². The van der Waals surface area contributed by atoms with Crippen LogP contribution < -0.4 is 5.32 Å². The maximum atomic E-state index is 12.5. The predicted octanol–water partition coefficient (Wildman–Crippen LogP) is 2.13. The van der Waals surface area contributed by atoms with Crippen molar-refractivity contribution in [2.75, 3.05) is 19.6 Å². The van der Waals surface area contributed by atoms with Gasteiger partial charge in [-0.05, 0) is 18.4 Å². The van der Waals surface area contributed by atoms with Crippen LogP contribution in [-0.2, 0) is 4.79 Å². The Balaban J connectivity index is 2.13. The van der Waals surface area contributed by atoms with Crippen LogP contribution in [0, 0.1) is 0 Å². The Morgan fingerprint density at radius 3 is 2.61 bits per heavy atom. The lowest BCUT2D eigenvalue weighted by Crippen LogP contribution is -2.39. The number of benzene rings is 1. The van der Waals surface area contributed by atoms with E-state index in [1.807, 2.05) is 35.2 Å². The van der Waals surface area contributed by atoms with Crippen molar-refractivity contribution in [2.45, 2.75) is 18.9 Å². The third-order valence-electron chi connectivity index (χ3n) is 3.26. The van der Waals surface area contributed by atoms with Gasteiger partial charge in [0.25, 0.3) is 0 Å². The highest BCUT2D eigenvalue weighted by atomic mass is 16.2. The Morgan fingerprint density at radius 1 is 1.33 bits per heavy atom. The second-order valence-corrected chi connectivity index (χ2v) is 4.57. The Morgan fingerprint density at radius 2 is 2.00 bits per heavy atom. The minimum Gasteiger partial charge on any atom is -0.341 e. The van der Waals surface area contributed by atoms with Gasteiger partial charge in [0.2, 0.25) is 5.91 Å². The van der Waals surface area contributed by atoms with Gasteiger partial charge in [0, 0.05) is 19.6 Å². The first-order chi connectivity index (χ1) is 8.83. The summed E-state index contributed by atoms with van der Waals surface area (Å²) in [5.74, 6) is 0.181. The van der Waals surface area contributed by atoms with Crippen LogP contribution >= 0.6 is 0 Å². The number of hydrogen-bond donors (Lipinski definition) is 1. The molecular weight excluding hydrogens is 224 g/mol. The summed E-state index contributed by atoms with van der Waals surface area (Å²) in [7, 11) is 0. The third-order valence-corrected chi connectivity index (χ3v) is 3.26. The molecule has 3 heteroatoms. The number of nitrogens with zero attached hydrogens (tertiary/aromatic N) is 1. The number of amides is 1. The first-order valence-corrected chi connectivity index (χ1v) is 6.51.